The fourth-order valence-electron chi connectivity index (χ4n) is 2.89. The second kappa shape index (κ2) is 6.77. The van der Waals surface area contributed by atoms with Gasteiger partial charge in [0.1, 0.15) is 0 Å². The summed E-state index contributed by atoms with van der Waals surface area (Å²) in [4.78, 5) is 1.19. The van der Waals surface area contributed by atoms with Crippen molar-refractivity contribution in [3.05, 3.63) is 20.8 Å². The third-order valence-electron chi connectivity index (χ3n) is 4.07. The molecule has 0 amide bonds. The topological polar surface area (TPSA) is 38.0 Å². The summed E-state index contributed by atoms with van der Waals surface area (Å²) in [6.07, 6.45) is -1.65. The molecule has 1 unspecified atom stereocenters. The van der Waals surface area contributed by atoms with E-state index in [0.717, 1.165) is 10.2 Å². The number of hydrogen-bond donors (Lipinski definition) is 2. The van der Waals surface area contributed by atoms with Crippen LogP contribution < -0.4 is 11.3 Å². The molecule has 1 aliphatic rings. The lowest BCUT2D eigenvalue weighted by molar-refractivity contribution is -0.184. The van der Waals surface area contributed by atoms with E-state index >= 15 is 0 Å². The molecule has 2 rings (SSSR count). The van der Waals surface area contributed by atoms with Gasteiger partial charge < -0.3 is 0 Å². The lowest BCUT2D eigenvalue weighted by Crippen LogP contribution is -2.44. The maximum Gasteiger partial charge on any atom is 0.391 e. The van der Waals surface area contributed by atoms with Crippen molar-refractivity contribution in [1.29, 1.82) is 0 Å². The van der Waals surface area contributed by atoms with E-state index < -0.39 is 12.1 Å². The molecule has 3 N–H and O–H groups in total. The molecule has 0 bridgehead atoms. The first-order chi connectivity index (χ1) is 9.40. The van der Waals surface area contributed by atoms with Crippen molar-refractivity contribution in [3.8, 4) is 0 Å². The van der Waals surface area contributed by atoms with Crippen LogP contribution in [-0.2, 0) is 6.42 Å². The molecule has 7 heteroatoms. The summed E-state index contributed by atoms with van der Waals surface area (Å²) < 4.78 is 39.0. The molecule has 1 fully saturated rings. The number of nitrogens with one attached hydrogen (secondary N) is 1. The van der Waals surface area contributed by atoms with E-state index in [-0.39, 0.29) is 24.8 Å². The van der Waals surface area contributed by atoms with Crippen LogP contribution in [0.4, 0.5) is 13.2 Å². The first-order valence-corrected chi connectivity index (χ1v) is 8.28. The third kappa shape index (κ3) is 4.19. The molecule has 0 aromatic carbocycles. The normalized spacial score (nSPS) is 25.6. The van der Waals surface area contributed by atoms with Crippen molar-refractivity contribution in [2.45, 2.75) is 44.3 Å². The van der Waals surface area contributed by atoms with Crippen LogP contribution in [0.1, 0.15) is 30.6 Å². The van der Waals surface area contributed by atoms with Gasteiger partial charge in [0.25, 0.3) is 0 Å². The summed E-state index contributed by atoms with van der Waals surface area (Å²) in [5.41, 5.74) is 2.79. The Balaban J connectivity index is 1.90. The Kier molecular flexibility index (Phi) is 5.50. The van der Waals surface area contributed by atoms with Gasteiger partial charge in [0.15, 0.2) is 0 Å². The van der Waals surface area contributed by atoms with Crippen LogP contribution in [0.5, 0.6) is 0 Å². The quantitative estimate of drug-likeness (QED) is 0.613. The molecule has 20 heavy (non-hydrogen) atoms. The van der Waals surface area contributed by atoms with Gasteiger partial charge in [0, 0.05) is 10.9 Å². The summed E-state index contributed by atoms with van der Waals surface area (Å²) >= 11 is 5.05. The highest BCUT2D eigenvalue weighted by Gasteiger charge is 2.42. The number of rotatable bonds is 4. The summed E-state index contributed by atoms with van der Waals surface area (Å²) in [6, 6.07) is 4.06. The summed E-state index contributed by atoms with van der Waals surface area (Å²) in [6.45, 7) is 0. The van der Waals surface area contributed by atoms with Crippen molar-refractivity contribution < 1.29 is 13.2 Å². The molecule has 114 valence electrons. The number of nitrogens with two attached hydrogens (primary N) is 1. The third-order valence-corrected chi connectivity index (χ3v) is 5.71. The lowest BCUT2D eigenvalue weighted by Gasteiger charge is -2.34. The molecule has 1 aliphatic carbocycles. The zero-order valence-electron chi connectivity index (χ0n) is 10.9. The molecule has 0 aliphatic heterocycles. The monoisotopic (exact) mass is 370 g/mol. The van der Waals surface area contributed by atoms with Crippen molar-refractivity contribution in [3.63, 3.8) is 0 Å². The second-order valence-corrected chi connectivity index (χ2v) is 7.88. The van der Waals surface area contributed by atoms with E-state index in [4.69, 9.17) is 5.84 Å². The van der Waals surface area contributed by atoms with Gasteiger partial charge in [-0.1, -0.05) is 0 Å². The van der Waals surface area contributed by atoms with Gasteiger partial charge in [-0.05, 0) is 66.1 Å². The molecule has 0 spiro atoms. The second-order valence-electron chi connectivity index (χ2n) is 5.34. The number of alkyl halides is 3. The Morgan fingerprint density at radius 1 is 1.30 bits per heavy atom. The minimum absolute atomic E-state index is 0.0507. The molecule has 0 radical (unpaired) electrons. The molecule has 1 atom stereocenters. The summed E-state index contributed by atoms with van der Waals surface area (Å²) in [5.74, 6) is 4.69. The van der Waals surface area contributed by atoms with Gasteiger partial charge in [0.05, 0.1) is 9.70 Å². The van der Waals surface area contributed by atoms with E-state index in [1.54, 1.807) is 11.3 Å². The Morgan fingerprint density at radius 2 is 1.95 bits per heavy atom. The van der Waals surface area contributed by atoms with Crippen LogP contribution in [0, 0.1) is 11.8 Å². The van der Waals surface area contributed by atoms with Crippen molar-refractivity contribution in [2.75, 3.05) is 0 Å². The van der Waals surface area contributed by atoms with Crippen LogP contribution in [0.15, 0.2) is 15.9 Å². The van der Waals surface area contributed by atoms with Crippen molar-refractivity contribution in [1.82, 2.24) is 5.43 Å². The molecule has 1 saturated carbocycles. The van der Waals surface area contributed by atoms with Gasteiger partial charge in [0.2, 0.25) is 0 Å². The first-order valence-electron chi connectivity index (χ1n) is 6.67. The van der Waals surface area contributed by atoms with Crippen LogP contribution in [0.25, 0.3) is 0 Å². The fraction of sp³-hybridized carbons (Fsp3) is 0.692. The minimum Gasteiger partial charge on any atom is -0.271 e. The fourth-order valence-corrected chi connectivity index (χ4v) is 4.43. The molecule has 0 saturated heterocycles. The van der Waals surface area contributed by atoms with Crippen LogP contribution >= 0.6 is 27.3 Å². The number of halogens is 4. The van der Waals surface area contributed by atoms with E-state index in [9.17, 15) is 13.2 Å². The predicted octanol–water partition coefficient (Wildman–Crippen LogP) is 4.25. The smallest absolute Gasteiger partial charge is 0.271 e. The van der Waals surface area contributed by atoms with Gasteiger partial charge >= 0.3 is 6.18 Å². The van der Waals surface area contributed by atoms with Gasteiger partial charge in [-0.25, -0.2) is 0 Å². The van der Waals surface area contributed by atoms with E-state index in [0.29, 0.717) is 12.8 Å². The average molecular weight is 371 g/mol. The van der Waals surface area contributed by atoms with Gasteiger partial charge in [-0.2, -0.15) is 13.2 Å². The number of hydrazine groups is 1. The van der Waals surface area contributed by atoms with E-state index in [1.807, 2.05) is 12.1 Å². The van der Waals surface area contributed by atoms with Crippen LogP contribution in [-0.4, -0.2) is 12.2 Å². The van der Waals surface area contributed by atoms with Crippen LogP contribution in [0.2, 0.25) is 0 Å². The van der Waals surface area contributed by atoms with Crippen molar-refractivity contribution >= 4 is 27.3 Å². The molecule has 1 aromatic heterocycles. The standard InChI is InChI=1S/C13H18BrF3N2S/c14-12-6-5-10(20-12)7-11(19-18)8-1-3-9(4-2-8)13(15,16)17/h5-6,8-9,11,19H,1-4,7,18H2. The Bertz CT molecular complexity index is 427. The zero-order valence-corrected chi connectivity index (χ0v) is 13.3. The highest BCUT2D eigenvalue weighted by Crippen LogP contribution is 2.40. The molecular formula is C13H18BrF3N2S. The van der Waals surface area contributed by atoms with Crippen LogP contribution in [0.3, 0.4) is 0 Å². The summed E-state index contributed by atoms with van der Waals surface area (Å²) in [5, 5.41) is 0. The number of hydrogen-bond acceptors (Lipinski definition) is 3. The molecule has 2 nitrogen and oxygen atoms in total. The van der Waals surface area contributed by atoms with E-state index in [1.165, 1.54) is 4.88 Å². The zero-order chi connectivity index (χ0) is 14.8. The molecular weight excluding hydrogens is 353 g/mol. The largest absolute Gasteiger partial charge is 0.391 e. The minimum atomic E-state index is -4.05. The predicted molar refractivity (Wildman–Crippen MR) is 78.3 cm³/mol. The average Bonchev–Trinajstić information content (AvgIpc) is 2.81. The Labute approximate surface area is 129 Å². The Morgan fingerprint density at radius 3 is 2.40 bits per heavy atom. The molecule has 1 aromatic rings. The first kappa shape index (κ1) is 16.3. The number of thiophene rings is 1. The van der Waals surface area contributed by atoms with Crippen molar-refractivity contribution in [2.24, 2.45) is 17.7 Å². The molecule has 1 heterocycles. The highest BCUT2D eigenvalue weighted by molar-refractivity contribution is 9.11. The highest BCUT2D eigenvalue weighted by atomic mass is 79.9. The Hall–Kier alpha value is -0.110. The van der Waals surface area contributed by atoms with Gasteiger partial charge in [-0.3, -0.25) is 11.3 Å². The lowest BCUT2D eigenvalue weighted by atomic mass is 9.77. The maximum atomic E-state index is 12.7. The maximum absolute atomic E-state index is 12.7. The van der Waals surface area contributed by atoms with E-state index in [2.05, 4.69) is 21.4 Å². The summed E-state index contributed by atoms with van der Waals surface area (Å²) in [7, 11) is 0. The SMILES string of the molecule is NNC(Cc1ccc(Br)s1)C1CCC(C(F)(F)F)CC1. The van der Waals surface area contributed by atoms with Gasteiger partial charge in [-0.15, -0.1) is 11.3 Å².